The van der Waals surface area contributed by atoms with Gasteiger partial charge in [0.15, 0.2) is 0 Å². The first-order valence-corrected chi connectivity index (χ1v) is 8.77. The molecular formula is C17H26N4O2. The van der Waals surface area contributed by atoms with Crippen molar-refractivity contribution in [3.8, 4) is 0 Å². The van der Waals surface area contributed by atoms with Gasteiger partial charge in [0.2, 0.25) is 11.8 Å². The van der Waals surface area contributed by atoms with Crippen LogP contribution in [0.25, 0.3) is 0 Å². The molecule has 0 aromatic carbocycles. The van der Waals surface area contributed by atoms with E-state index in [2.05, 4.69) is 10.3 Å². The molecule has 1 saturated carbocycles. The summed E-state index contributed by atoms with van der Waals surface area (Å²) in [7, 11) is 0. The van der Waals surface area contributed by atoms with E-state index in [1.54, 1.807) is 12.5 Å². The predicted octanol–water partition coefficient (Wildman–Crippen LogP) is 1.57. The molecule has 2 aliphatic rings. The lowest BCUT2D eigenvalue weighted by atomic mass is 9.94. The average molecular weight is 318 g/mol. The van der Waals surface area contributed by atoms with Gasteiger partial charge in [-0.1, -0.05) is 19.3 Å². The van der Waals surface area contributed by atoms with Crippen molar-refractivity contribution in [1.29, 1.82) is 0 Å². The van der Waals surface area contributed by atoms with Crippen molar-refractivity contribution in [2.45, 2.75) is 57.5 Å². The molecule has 1 aromatic rings. The van der Waals surface area contributed by atoms with Crippen LogP contribution in [0.1, 0.15) is 44.9 Å². The Labute approximate surface area is 137 Å². The van der Waals surface area contributed by atoms with Crippen molar-refractivity contribution in [2.75, 3.05) is 13.1 Å². The molecule has 1 aliphatic heterocycles. The first-order chi connectivity index (χ1) is 11.2. The third kappa shape index (κ3) is 4.12. The number of imidazole rings is 1. The van der Waals surface area contributed by atoms with Crippen molar-refractivity contribution >= 4 is 11.8 Å². The Morgan fingerprint density at radius 1 is 1.30 bits per heavy atom. The van der Waals surface area contributed by atoms with Gasteiger partial charge >= 0.3 is 0 Å². The summed E-state index contributed by atoms with van der Waals surface area (Å²) in [6, 6.07) is 0.371. The highest BCUT2D eigenvalue weighted by Gasteiger charge is 2.37. The molecular weight excluding hydrogens is 292 g/mol. The lowest BCUT2D eigenvalue weighted by Crippen LogP contribution is -2.39. The molecule has 6 nitrogen and oxygen atoms in total. The summed E-state index contributed by atoms with van der Waals surface area (Å²) in [5, 5.41) is 2.98. The molecule has 1 N–H and O–H groups in total. The molecule has 0 spiro atoms. The Morgan fingerprint density at radius 2 is 2.13 bits per heavy atom. The molecule has 0 radical (unpaired) electrons. The summed E-state index contributed by atoms with van der Waals surface area (Å²) >= 11 is 0. The van der Waals surface area contributed by atoms with Gasteiger partial charge in [0.05, 0.1) is 12.2 Å². The molecule has 1 aliphatic carbocycles. The molecule has 0 bridgehead atoms. The van der Waals surface area contributed by atoms with Crippen molar-refractivity contribution < 1.29 is 9.59 Å². The van der Waals surface area contributed by atoms with E-state index >= 15 is 0 Å². The van der Waals surface area contributed by atoms with Crippen LogP contribution in [0.15, 0.2) is 18.7 Å². The molecule has 1 unspecified atom stereocenters. The lowest BCUT2D eigenvalue weighted by molar-refractivity contribution is -0.130. The van der Waals surface area contributed by atoms with Crippen LogP contribution in [0.4, 0.5) is 0 Å². The number of likely N-dealkylation sites (tertiary alicyclic amines) is 1. The Balaban J connectivity index is 1.40. The quantitative estimate of drug-likeness (QED) is 0.810. The third-order valence-electron chi connectivity index (χ3n) is 5.00. The van der Waals surface area contributed by atoms with E-state index in [0.717, 1.165) is 25.8 Å². The summed E-state index contributed by atoms with van der Waals surface area (Å²) in [6.07, 6.45) is 12.6. The lowest BCUT2D eigenvalue weighted by Gasteiger charge is -2.31. The van der Waals surface area contributed by atoms with Crippen LogP contribution in [0.5, 0.6) is 0 Å². The maximum absolute atomic E-state index is 12.3. The van der Waals surface area contributed by atoms with Gasteiger partial charge in [-0.25, -0.2) is 4.98 Å². The highest BCUT2D eigenvalue weighted by atomic mass is 16.2. The monoisotopic (exact) mass is 318 g/mol. The van der Waals surface area contributed by atoms with Crippen molar-refractivity contribution in [2.24, 2.45) is 5.92 Å². The minimum Gasteiger partial charge on any atom is -0.356 e. The number of carbonyl (C=O) groups is 2. The smallest absolute Gasteiger partial charge is 0.225 e. The fraction of sp³-hybridized carbons (Fsp3) is 0.706. The van der Waals surface area contributed by atoms with E-state index in [1.807, 2.05) is 15.7 Å². The van der Waals surface area contributed by atoms with Crippen LogP contribution in [0.2, 0.25) is 0 Å². The number of nitrogens with one attached hydrogen (secondary N) is 1. The van der Waals surface area contributed by atoms with Crippen LogP contribution >= 0.6 is 0 Å². The van der Waals surface area contributed by atoms with Crippen LogP contribution < -0.4 is 5.32 Å². The fourth-order valence-electron chi connectivity index (χ4n) is 3.69. The van der Waals surface area contributed by atoms with Gasteiger partial charge in [0, 0.05) is 44.5 Å². The molecule has 1 atom stereocenters. The number of hydrogen-bond donors (Lipinski definition) is 1. The maximum atomic E-state index is 12.3. The number of carbonyl (C=O) groups excluding carboxylic acids is 2. The second-order valence-corrected chi connectivity index (χ2v) is 6.68. The molecule has 1 aromatic heterocycles. The molecule has 6 heteroatoms. The van der Waals surface area contributed by atoms with Gasteiger partial charge < -0.3 is 14.8 Å². The minimum absolute atomic E-state index is 0.0299. The molecule has 1 saturated heterocycles. The van der Waals surface area contributed by atoms with Crippen LogP contribution in [0.3, 0.4) is 0 Å². The molecule has 23 heavy (non-hydrogen) atoms. The number of aromatic nitrogens is 2. The summed E-state index contributed by atoms with van der Waals surface area (Å²) in [5.74, 6) is 0.0235. The Kier molecular flexibility index (Phi) is 5.31. The minimum atomic E-state index is -0.169. The predicted molar refractivity (Wildman–Crippen MR) is 86.5 cm³/mol. The highest BCUT2D eigenvalue weighted by Crippen LogP contribution is 2.28. The largest absolute Gasteiger partial charge is 0.356 e. The number of nitrogens with zero attached hydrogens (tertiary/aromatic N) is 3. The van der Waals surface area contributed by atoms with Gasteiger partial charge in [-0.3, -0.25) is 9.59 Å². The summed E-state index contributed by atoms with van der Waals surface area (Å²) in [6.45, 7) is 2.10. The number of aryl methyl sites for hydroxylation is 1. The molecule has 2 heterocycles. The van der Waals surface area contributed by atoms with E-state index in [4.69, 9.17) is 0 Å². The van der Waals surface area contributed by atoms with Gasteiger partial charge in [-0.15, -0.1) is 0 Å². The SMILES string of the molecule is O=C(NCCCn1ccnc1)C1CC(=O)N(C2CCCCC2)C1. The standard InChI is InChI=1S/C17H26N4O2/c22-16-11-14(12-21(16)15-5-2-1-3-6-15)17(23)19-7-4-9-20-10-8-18-13-20/h8,10,13-15H,1-7,9,11-12H2,(H,19,23). The molecule has 126 valence electrons. The summed E-state index contributed by atoms with van der Waals surface area (Å²) < 4.78 is 2.00. The molecule has 3 rings (SSSR count). The zero-order chi connectivity index (χ0) is 16.1. The van der Waals surface area contributed by atoms with Gasteiger partial charge in [-0.05, 0) is 19.3 Å². The van der Waals surface area contributed by atoms with Gasteiger partial charge in [0.1, 0.15) is 0 Å². The Bertz CT molecular complexity index is 523. The Morgan fingerprint density at radius 3 is 2.87 bits per heavy atom. The van der Waals surface area contributed by atoms with E-state index in [1.165, 1.54) is 19.3 Å². The van der Waals surface area contributed by atoms with Crippen molar-refractivity contribution in [3.05, 3.63) is 18.7 Å². The zero-order valence-corrected chi connectivity index (χ0v) is 13.6. The third-order valence-corrected chi connectivity index (χ3v) is 5.00. The van der Waals surface area contributed by atoms with E-state index in [9.17, 15) is 9.59 Å². The first kappa shape index (κ1) is 16.0. The summed E-state index contributed by atoms with van der Waals surface area (Å²) in [4.78, 5) is 30.4. The number of hydrogen-bond acceptors (Lipinski definition) is 3. The van der Waals surface area contributed by atoms with Gasteiger partial charge in [-0.2, -0.15) is 0 Å². The Hall–Kier alpha value is -1.85. The maximum Gasteiger partial charge on any atom is 0.225 e. The van der Waals surface area contributed by atoms with Crippen molar-refractivity contribution in [3.63, 3.8) is 0 Å². The van der Waals surface area contributed by atoms with Crippen molar-refractivity contribution in [1.82, 2.24) is 19.8 Å². The first-order valence-electron chi connectivity index (χ1n) is 8.77. The second-order valence-electron chi connectivity index (χ2n) is 6.68. The van der Waals surface area contributed by atoms with Crippen LogP contribution in [-0.4, -0.2) is 45.4 Å². The number of amides is 2. The second kappa shape index (κ2) is 7.62. The fourth-order valence-corrected chi connectivity index (χ4v) is 3.69. The van der Waals surface area contributed by atoms with E-state index in [0.29, 0.717) is 25.6 Å². The zero-order valence-electron chi connectivity index (χ0n) is 13.6. The van der Waals surface area contributed by atoms with Gasteiger partial charge in [0.25, 0.3) is 0 Å². The van der Waals surface area contributed by atoms with E-state index in [-0.39, 0.29) is 17.7 Å². The topological polar surface area (TPSA) is 67.2 Å². The number of rotatable bonds is 6. The normalized spacial score (nSPS) is 22.5. The van der Waals surface area contributed by atoms with E-state index < -0.39 is 0 Å². The highest BCUT2D eigenvalue weighted by molar-refractivity contribution is 5.89. The van der Waals surface area contributed by atoms with Crippen LogP contribution in [-0.2, 0) is 16.1 Å². The molecule has 2 amide bonds. The molecule has 2 fully saturated rings. The van der Waals surface area contributed by atoms with Crippen LogP contribution in [0, 0.1) is 5.92 Å². The summed E-state index contributed by atoms with van der Waals surface area (Å²) in [5.41, 5.74) is 0. The average Bonchev–Trinajstić information content (AvgIpc) is 3.22.